The molecule has 2 N–H and O–H groups in total. The van der Waals surface area contributed by atoms with E-state index in [0.717, 1.165) is 49.4 Å². The van der Waals surface area contributed by atoms with Crippen LogP contribution in [-0.4, -0.2) is 57.7 Å². The van der Waals surface area contributed by atoms with Gasteiger partial charge in [0.15, 0.2) is 5.13 Å². The van der Waals surface area contributed by atoms with Gasteiger partial charge in [-0.3, -0.25) is 9.62 Å². The molecule has 0 amide bonds. The van der Waals surface area contributed by atoms with Gasteiger partial charge in [-0.15, -0.1) is 11.3 Å². The number of nitrogens with one attached hydrogen (secondary N) is 2. The van der Waals surface area contributed by atoms with Crippen molar-refractivity contribution >= 4 is 43.8 Å². The van der Waals surface area contributed by atoms with Gasteiger partial charge in [0.05, 0.1) is 17.3 Å². The highest BCUT2D eigenvalue weighted by Crippen LogP contribution is 2.30. The minimum Gasteiger partial charge on any atom is -0.383 e. The Morgan fingerprint density at radius 1 is 1.46 bits per heavy atom. The summed E-state index contributed by atoms with van der Waals surface area (Å²) in [6.07, 6.45) is 3.58. The van der Waals surface area contributed by atoms with Gasteiger partial charge in [-0.25, -0.2) is 17.8 Å². The third-order valence-electron chi connectivity index (χ3n) is 4.57. The van der Waals surface area contributed by atoms with Crippen molar-refractivity contribution in [1.82, 2.24) is 9.88 Å². The van der Waals surface area contributed by atoms with E-state index in [1.807, 2.05) is 0 Å². The zero-order valence-electron chi connectivity index (χ0n) is 15.3. The molecule has 2 heterocycles. The number of sulfonamides is 1. The molecule has 0 aliphatic carbocycles. The minimum atomic E-state index is -4.11. The number of benzene rings is 1. The number of hydrogen-bond acceptors (Lipinski definition) is 7. The lowest BCUT2D eigenvalue weighted by molar-refractivity contribution is 0.143. The first-order valence-corrected chi connectivity index (χ1v) is 11.5. The lowest BCUT2D eigenvalue weighted by Crippen LogP contribution is -2.37. The standard InChI is InChI=1S/C17H22ClFN4O3S2/c1-26-7-6-23-5-2-3-12(23)11-21-15-10-14(19)16(9-13(15)18)28(24,25)22-17-20-4-8-27-17/h4,8-10,12,21H,2-3,5-7,11H2,1H3,(H,20,22). The van der Waals surface area contributed by atoms with E-state index in [4.69, 9.17) is 16.3 Å². The largest absolute Gasteiger partial charge is 0.383 e. The third kappa shape index (κ3) is 5.12. The lowest BCUT2D eigenvalue weighted by atomic mass is 10.2. The molecule has 0 radical (unpaired) electrons. The Bertz CT molecular complexity index is 896. The first-order chi connectivity index (χ1) is 13.4. The summed E-state index contributed by atoms with van der Waals surface area (Å²) in [5, 5.41) is 5.07. The van der Waals surface area contributed by atoms with Crippen molar-refractivity contribution < 1.29 is 17.5 Å². The van der Waals surface area contributed by atoms with E-state index >= 15 is 0 Å². The third-order valence-corrected chi connectivity index (χ3v) is 7.06. The van der Waals surface area contributed by atoms with Crippen LogP contribution in [0.25, 0.3) is 0 Å². The molecule has 1 aliphatic heterocycles. The summed E-state index contributed by atoms with van der Waals surface area (Å²) in [5.41, 5.74) is 0.367. The van der Waals surface area contributed by atoms with Crippen LogP contribution in [0.2, 0.25) is 5.02 Å². The summed E-state index contributed by atoms with van der Waals surface area (Å²) >= 11 is 7.33. The molecular formula is C17H22ClFN4O3S2. The van der Waals surface area contributed by atoms with Crippen molar-refractivity contribution in [2.45, 2.75) is 23.8 Å². The fraction of sp³-hybridized carbons (Fsp3) is 0.471. The molecule has 0 spiro atoms. The summed E-state index contributed by atoms with van der Waals surface area (Å²) in [4.78, 5) is 5.65. The van der Waals surface area contributed by atoms with E-state index in [0.29, 0.717) is 24.9 Å². The summed E-state index contributed by atoms with van der Waals surface area (Å²) in [5.74, 6) is -0.876. The molecule has 1 aliphatic rings. The zero-order valence-corrected chi connectivity index (χ0v) is 17.7. The molecule has 2 aromatic rings. The van der Waals surface area contributed by atoms with Gasteiger partial charge in [-0.2, -0.15) is 0 Å². The van der Waals surface area contributed by atoms with Crippen LogP contribution in [0.1, 0.15) is 12.8 Å². The zero-order chi connectivity index (χ0) is 20.1. The molecule has 1 atom stereocenters. The van der Waals surface area contributed by atoms with Crippen LogP contribution in [0, 0.1) is 5.82 Å². The molecule has 1 aromatic heterocycles. The van der Waals surface area contributed by atoms with Gasteiger partial charge in [-0.05, 0) is 31.5 Å². The Morgan fingerprint density at radius 3 is 3.00 bits per heavy atom. The number of anilines is 2. The van der Waals surface area contributed by atoms with E-state index < -0.39 is 20.7 Å². The van der Waals surface area contributed by atoms with Crippen LogP contribution in [0.4, 0.5) is 15.2 Å². The molecule has 0 bridgehead atoms. The van der Waals surface area contributed by atoms with Crippen LogP contribution >= 0.6 is 22.9 Å². The number of aromatic nitrogens is 1. The van der Waals surface area contributed by atoms with E-state index in [1.54, 1.807) is 12.5 Å². The summed E-state index contributed by atoms with van der Waals surface area (Å²) in [6, 6.07) is 2.53. The van der Waals surface area contributed by atoms with Crippen molar-refractivity contribution in [2.75, 3.05) is 43.4 Å². The van der Waals surface area contributed by atoms with Crippen LogP contribution in [0.3, 0.4) is 0 Å². The number of methoxy groups -OCH3 is 1. The topological polar surface area (TPSA) is 83.6 Å². The van der Waals surface area contributed by atoms with E-state index in [9.17, 15) is 12.8 Å². The molecule has 154 valence electrons. The van der Waals surface area contributed by atoms with Gasteiger partial charge >= 0.3 is 0 Å². The fourth-order valence-electron chi connectivity index (χ4n) is 3.17. The highest BCUT2D eigenvalue weighted by molar-refractivity contribution is 7.93. The Labute approximate surface area is 172 Å². The van der Waals surface area contributed by atoms with E-state index in [-0.39, 0.29) is 10.2 Å². The second kappa shape index (κ2) is 9.36. The first kappa shape index (κ1) is 21.3. The Hall–Kier alpha value is -1.46. The monoisotopic (exact) mass is 448 g/mol. The normalized spacial score (nSPS) is 17.8. The van der Waals surface area contributed by atoms with Gasteiger partial charge in [0.25, 0.3) is 10.0 Å². The Morgan fingerprint density at radius 2 is 2.29 bits per heavy atom. The van der Waals surface area contributed by atoms with Crippen LogP contribution in [-0.2, 0) is 14.8 Å². The quantitative estimate of drug-likeness (QED) is 0.612. The summed E-state index contributed by atoms with van der Waals surface area (Å²) in [7, 11) is -2.44. The van der Waals surface area contributed by atoms with Crippen molar-refractivity contribution in [3.63, 3.8) is 0 Å². The number of hydrogen-bond donors (Lipinski definition) is 2. The molecule has 1 fully saturated rings. The van der Waals surface area contributed by atoms with Crippen LogP contribution in [0.15, 0.2) is 28.6 Å². The highest BCUT2D eigenvalue weighted by Gasteiger charge is 2.25. The number of thiazole rings is 1. The minimum absolute atomic E-state index is 0.141. The number of likely N-dealkylation sites (tertiary alicyclic amines) is 1. The van der Waals surface area contributed by atoms with Gasteiger partial charge in [0.1, 0.15) is 10.7 Å². The molecule has 28 heavy (non-hydrogen) atoms. The van der Waals surface area contributed by atoms with Crippen LogP contribution in [0.5, 0.6) is 0 Å². The summed E-state index contributed by atoms with van der Waals surface area (Å²) in [6.45, 7) is 3.08. The van der Waals surface area contributed by atoms with Crippen molar-refractivity contribution in [3.05, 3.63) is 34.5 Å². The predicted molar refractivity (Wildman–Crippen MR) is 109 cm³/mol. The fourth-order valence-corrected chi connectivity index (χ4v) is 5.34. The van der Waals surface area contributed by atoms with Crippen LogP contribution < -0.4 is 10.0 Å². The molecule has 1 aromatic carbocycles. The molecule has 11 heteroatoms. The van der Waals surface area contributed by atoms with Gasteiger partial charge in [0.2, 0.25) is 0 Å². The van der Waals surface area contributed by atoms with Gasteiger partial charge in [-0.1, -0.05) is 11.6 Å². The molecule has 1 unspecified atom stereocenters. The first-order valence-electron chi connectivity index (χ1n) is 8.79. The van der Waals surface area contributed by atoms with E-state index in [2.05, 4.69) is 19.9 Å². The molecule has 0 saturated carbocycles. The lowest BCUT2D eigenvalue weighted by Gasteiger charge is -2.25. The maximum atomic E-state index is 14.5. The maximum Gasteiger partial charge on any atom is 0.266 e. The second-order valence-corrected chi connectivity index (χ2v) is 9.36. The summed E-state index contributed by atoms with van der Waals surface area (Å²) < 4.78 is 46.7. The maximum absolute atomic E-state index is 14.5. The number of ether oxygens (including phenoxy) is 1. The molecular weight excluding hydrogens is 427 g/mol. The second-order valence-electron chi connectivity index (χ2n) is 6.41. The molecule has 7 nitrogen and oxygen atoms in total. The van der Waals surface area contributed by atoms with Crippen molar-refractivity contribution in [1.29, 1.82) is 0 Å². The number of nitrogens with zero attached hydrogens (tertiary/aromatic N) is 2. The predicted octanol–water partition coefficient (Wildman–Crippen LogP) is 3.26. The number of halogens is 2. The van der Waals surface area contributed by atoms with Crippen molar-refractivity contribution in [3.8, 4) is 0 Å². The smallest absolute Gasteiger partial charge is 0.266 e. The van der Waals surface area contributed by atoms with E-state index in [1.165, 1.54) is 6.20 Å². The average molecular weight is 449 g/mol. The number of rotatable bonds is 9. The average Bonchev–Trinajstić information content (AvgIpc) is 3.31. The van der Waals surface area contributed by atoms with Gasteiger partial charge in [0, 0.05) is 37.8 Å². The van der Waals surface area contributed by atoms with Crippen molar-refractivity contribution in [2.24, 2.45) is 0 Å². The molecule has 3 rings (SSSR count). The Balaban J connectivity index is 1.70. The SMILES string of the molecule is COCCN1CCCC1CNc1cc(F)c(S(=O)(=O)Nc2nccs2)cc1Cl. The Kier molecular flexibility index (Phi) is 7.10. The van der Waals surface area contributed by atoms with Gasteiger partial charge < -0.3 is 10.1 Å². The highest BCUT2D eigenvalue weighted by atomic mass is 35.5. The molecule has 1 saturated heterocycles.